The zero-order valence-electron chi connectivity index (χ0n) is 29.6. The Balaban J connectivity index is 1.22. The second-order valence-corrected chi connectivity index (χ2v) is 15.2. The van der Waals surface area contributed by atoms with E-state index in [9.17, 15) is 5.26 Å². The molecule has 4 heteroatoms. The van der Waals surface area contributed by atoms with Crippen molar-refractivity contribution in [1.29, 1.82) is 5.26 Å². The lowest BCUT2D eigenvalue weighted by Gasteiger charge is -2.34. The lowest BCUT2D eigenvalue weighted by atomic mass is 9.67. The maximum atomic E-state index is 9.66. The minimum atomic E-state index is -0.607. The van der Waals surface area contributed by atoms with Crippen LogP contribution in [0.25, 0.3) is 70.5 Å². The fourth-order valence-electron chi connectivity index (χ4n) is 8.99. The van der Waals surface area contributed by atoms with Gasteiger partial charge in [0.2, 0.25) is 0 Å². The fraction of sp³-hybridized carbons (Fsp3) is 0.0196. The number of para-hydroxylation sites is 3. The summed E-state index contributed by atoms with van der Waals surface area (Å²) >= 11 is 1.85. The average molecular weight is 718 g/mol. The van der Waals surface area contributed by atoms with Crippen molar-refractivity contribution in [1.82, 2.24) is 9.55 Å². The van der Waals surface area contributed by atoms with Crippen molar-refractivity contribution in [3.05, 3.63) is 216 Å². The predicted molar refractivity (Wildman–Crippen MR) is 227 cm³/mol. The molecule has 2 aromatic heterocycles. The smallest absolute Gasteiger partial charge is 0.145 e. The van der Waals surface area contributed by atoms with Crippen LogP contribution in [0.15, 0.2) is 188 Å². The summed E-state index contributed by atoms with van der Waals surface area (Å²) in [4.78, 5) is 5.19. The van der Waals surface area contributed by atoms with Gasteiger partial charge in [0.15, 0.2) is 0 Å². The van der Waals surface area contributed by atoms with Crippen LogP contribution in [0.2, 0.25) is 0 Å². The van der Waals surface area contributed by atoms with Crippen LogP contribution in [-0.2, 0) is 5.41 Å². The molecule has 1 unspecified atom stereocenters. The third-order valence-electron chi connectivity index (χ3n) is 11.3. The molecule has 256 valence electrons. The van der Waals surface area contributed by atoms with Crippen molar-refractivity contribution in [3.8, 4) is 45.4 Å². The van der Waals surface area contributed by atoms with Crippen LogP contribution in [0.4, 0.5) is 0 Å². The number of aromatic nitrogens is 2. The highest BCUT2D eigenvalue weighted by Gasteiger charge is 2.47. The molecule has 1 atom stereocenters. The fourth-order valence-corrected chi connectivity index (χ4v) is 10.2. The third kappa shape index (κ3) is 4.58. The number of hydrogen-bond acceptors (Lipinski definition) is 3. The molecule has 0 amide bonds. The Kier molecular flexibility index (Phi) is 7.01. The number of thiophene rings is 1. The number of fused-ring (bicyclic) bond motifs is 8. The quantitative estimate of drug-likeness (QED) is 0.178. The summed E-state index contributed by atoms with van der Waals surface area (Å²) in [6, 6.07) is 69.6. The number of rotatable bonds is 5. The molecule has 0 fully saturated rings. The molecule has 0 radical (unpaired) electrons. The Hall–Kier alpha value is -7.06. The zero-order chi connectivity index (χ0) is 36.5. The molecule has 0 saturated carbocycles. The van der Waals surface area contributed by atoms with E-state index in [2.05, 4.69) is 187 Å². The molecule has 55 heavy (non-hydrogen) atoms. The van der Waals surface area contributed by atoms with E-state index in [1.807, 2.05) is 23.5 Å². The summed E-state index contributed by atoms with van der Waals surface area (Å²) in [7, 11) is 0. The molecule has 3 nitrogen and oxygen atoms in total. The zero-order valence-corrected chi connectivity index (χ0v) is 30.5. The largest absolute Gasteiger partial charge is 0.292 e. The SMILES string of the molecule is N#Cc1ccc(-c2cc3c(c4c2sc2ccccc24)-c2ccccc2C3(c2ccccc2)c2ccc(-c3nc4ccccc4n3-c3ccccc3)cc2)cc1. The van der Waals surface area contributed by atoms with Gasteiger partial charge in [-0.3, -0.25) is 4.57 Å². The van der Waals surface area contributed by atoms with E-state index in [0.717, 1.165) is 33.7 Å². The lowest BCUT2D eigenvalue weighted by molar-refractivity contribution is 0.769. The Morgan fingerprint density at radius 1 is 0.564 bits per heavy atom. The highest BCUT2D eigenvalue weighted by Crippen LogP contribution is 2.60. The first-order valence-corrected chi connectivity index (χ1v) is 19.3. The molecule has 1 aliphatic rings. The standard InChI is InChI=1S/C51H31N3S/c52-32-33-23-25-34(26-24-33)41-31-43-47(48-40-18-8-12-22-46(40)55-49(41)48)39-17-7-9-19-42(39)51(43,36-13-3-1-4-14-36)37-29-27-35(28-30-37)50-53-44-20-10-11-21-45(44)54(50)38-15-5-2-6-16-38/h1-31H. The van der Waals surface area contributed by atoms with Gasteiger partial charge in [-0.25, -0.2) is 4.98 Å². The van der Waals surface area contributed by atoms with Gasteiger partial charge in [0.25, 0.3) is 0 Å². The maximum absolute atomic E-state index is 9.66. The van der Waals surface area contributed by atoms with Gasteiger partial charge >= 0.3 is 0 Å². The van der Waals surface area contributed by atoms with E-state index in [4.69, 9.17) is 4.98 Å². The number of imidazole rings is 1. The van der Waals surface area contributed by atoms with Gasteiger partial charge in [-0.05, 0) is 93.0 Å². The summed E-state index contributed by atoms with van der Waals surface area (Å²) in [5.41, 5.74) is 14.0. The van der Waals surface area contributed by atoms with Crippen LogP contribution in [0.1, 0.15) is 27.8 Å². The minimum absolute atomic E-state index is 0.607. The first kappa shape index (κ1) is 31.5. The van der Waals surface area contributed by atoms with E-state index < -0.39 is 5.41 Å². The predicted octanol–water partition coefficient (Wildman–Crippen LogP) is 13.0. The van der Waals surface area contributed by atoms with Crippen molar-refractivity contribution < 1.29 is 0 Å². The number of benzene rings is 8. The molecule has 0 spiro atoms. The normalized spacial score (nSPS) is 14.6. The van der Waals surface area contributed by atoms with Crippen molar-refractivity contribution in [3.63, 3.8) is 0 Å². The Morgan fingerprint density at radius 3 is 2.02 bits per heavy atom. The maximum Gasteiger partial charge on any atom is 0.145 e. The topological polar surface area (TPSA) is 41.6 Å². The number of hydrogen-bond donors (Lipinski definition) is 0. The molecular weight excluding hydrogens is 687 g/mol. The average Bonchev–Trinajstić information content (AvgIpc) is 3.93. The van der Waals surface area contributed by atoms with Gasteiger partial charge in [0, 0.05) is 31.4 Å². The van der Waals surface area contributed by atoms with Gasteiger partial charge in [0.1, 0.15) is 5.82 Å². The Morgan fingerprint density at radius 2 is 1.22 bits per heavy atom. The Labute approximate surface area is 322 Å². The van der Waals surface area contributed by atoms with Crippen molar-refractivity contribution >= 4 is 42.5 Å². The van der Waals surface area contributed by atoms with Crippen molar-refractivity contribution in [2.45, 2.75) is 5.41 Å². The summed E-state index contributed by atoms with van der Waals surface area (Å²) in [5.74, 6) is 0.912. The highest BCUT2D eigenvalue weighted by atomic mass is 32.1. The second kappa shape index (κ2) is 12.2. The summed E-state index contributed by atoms with van der Waals surface area (Å²) in [6.45, 7) is 0. The highest BCUT2D eigenvalue weighted by molar-refractivity contribution is 7.26. The van der Waals surface area contributed by atoms with Crippen LogP contribution in [0.5, 0.6) is 0 Å². The van der Waals surface area contributed by atoms with E-state index in [0.29, 0.717) is 5.56 Å². The first-order valence-electron chi connectivity index (χ1n) is 18.5. The molecule has 10 aromatic rings. The van der Waals surface area contributed by atoms with Gasteiger partial charge in [0.05, 0.1) is 28.1 Å². The second-order valence-electron chi connectivity index (χ2n) is 14.2. The molecule has 0 N–H and O–H groups in total. The summed E-state index contributed by atoms with van der Waals surface area (Å²) in [5, 5.41) is 12.2. The number of nitriles is 1. The monoisotopic (exact) mass is 717 g/mol. The van der Waals surface area contributed by atoms with Crippen LogP contribution in [0.3, 0.4) is 0 Å². The van der Waals surface area contributed by atoms with E-state index in [-0.39, 0.29) is 0 Å². The van der Waals surface area contributed by atoms with Crippen LogP contribution in [-0.4, -0.2) is 9.55 Å². The Bertz CT molecular complexity index is 3130. The molecule has 0 aliphatic heterocycles. The third-order valence-corrected chi connectivity index (χ3v) is 12.5. The van der Waals surface area contributed by atoms with Crippen molar-refractivity contribution in [2.24, 2.45) is 0 Å². The molecule has 11 rings (SSSR count). The van der Waals surface area contributed by atoms with E-state index in [1.165, 1.54) is 59.1 Å². The van der Waals surface area contributed by atoms with E-state index >= 15 is 0 Å². The number of nitrogens with zero attached hydrogens (tertiary/aromatic N) is 3. The lowest BCUT2D eigenvalue weighted by Crippen LogP contribution is -2.28. The van der Waals surface area contributed by atoms with E-state index in [1.54, 1.807) is 0 Å². The van der Waals surface area contributed by atoms with Gasteiger partial charge in [-0.1, -0.05) is 140 Å². The molecule has 0 bridgehead atoms. The molecule has 0 saturated heterocycles. The summed E-state index contributed by atoms with van der Waals surface area (Å²) in [6.07, 6.45) is 0. The van der Waals surface area contributed by atoms with Crippen LogP contribution >= 0.6 is 11.3 Å². The van der Waals surface area contributed by atoms with Gasteiger partial charge in [-0.15, -0.1) is 11.3 Å². The van der Waals surface area contributed by atoms with Gasteiger partial charge in [-0.2, -0.15) is 5.26 Å². The van der Waals surface area contributed by atoms with Crippen LogP contribution < -0.4 is 0 Å². The molecule has 2 heterocycles. The summed E-state index contributed by atoms with van der Waals surface area (Å²) < 4.78 is 4.79. The first-order chi connectivity index (χ1) is 27.2. The molecule has 8 aromatic carbocycles. The van der Waals surface area contributed by atoms with Crippen LogP contribution in [0, 0.1) is 11.3 Å². The van der Waals surface area contributed by atoms with Gasteiger partial charge < -0.3 is 0 Å². The van der Waals surface area contributed by atoms with Crippen molar-refractivity contribution in [2.75, 3.05) is 0 Å². The molecular formula is C51H31N3S. The molecule has 1 aliphatic carbocycles. The minimum Gasteiger partial charge on any atom is -0.292 e.